The minimum Gasteiger partial charge on any atom is -0.426 e. The van der Waals surface area contributed by atoms with Crippen LogP contribution in [-0.4, -0.2) is 5.97 Å². The van der Waals surface area contributed by atoms with Crippen LogP contribution >= 0.6 is 0 Å². The van der Waals surface area contributed by atoms with E-state index >= 15 is 0 Å². The van der Waals surface area contributed by atoms with E-state index in [1.165, 1.54) is 6.92 Å². The Morgan fingerprint density at radius 2 is 2.00 bits per heavy atom. The van der Waals surface area contributed by atoms with Gasteiger partial charge in [0, 0.05) is 12.5 Å². The fourth-order valence-corrected chi connectivity index (χ4v) is 1.16. The van der Waals surface area contributed by atoms with Crippen LogP contribution in [-0.2, 0) is 9.53 Å². The topological polar surface area (TPSA) is 26.3 Å². The van der Waals surface area contributed by atoms with Crippen LogP contribution in [0, 0.1) is 0 Å². The van der Waals surface area contributed by atoms with Gasteiger partial charge >= 0.3 is 5.97 Å². The van der Waals surface area contributed by atoms with Crippen molar-refractivity contribution in [2.75, 3.05) is 0 Å². The molecule has 0 saturated heterocycles. The average molecular weight is 190 g/mol. The molecule has 1 rings (SSSR count). The molecule has 2 heteroatoms. The fourth-order valence-electron chi connectivity index (χ4n) is 1.16. The summed E-state index contributed by atoms with van der Waals surface area (Å²) in [6, 6.07) is 9.61. The molecule has 0 aliphatic heterocycles. The number of hydrogen-bond acceptors (Lipinski definition) is 2. The third-order valence-corrected chi connectivity index (χ3v) is 1.70. The Labute approximate surface area is 84.2 Å². The van der Waals surface area contributed by atoms with E-state index < -0.39 is 0 Å². The maximum absolute atomic E-state index is 10.8. The van der Waals surface area contributed by atoms with Gasteiger partial charge in [0.25, 0.3) is 0 Å². The van der Waals surface area contributed by atoms with Gasteiger partial charge in [-0.3, -0.25) is 4.79 Å². The van der Waals surface area contributed by atoms with Crippen LogP contribution in [0.2, 0.25) is 0 Å². The zero-order chi connectivity index (χ0) is 10.4. The molecule has 0 N–H and O–H groups in total. The predicted molar refractivity (Wildman–Crippen MR) is 56.5 cm³/mol. The molecule has 0 unspecified atom stereocenters. The number of hydrogen-bond donors (Lipinski definition) is 0. The molecule has 0 saturated carbocycles. The Bertz CT molecular complexity index is 325. The summed E-state index contributed by atoms with van der Waals surface area (Å²) in [5, 5.41) is 0. The first-order chi connectivity index (χ1) is 6.74. The van der Waals surface area contributed by atoms with E-state index in [2.05, 4.69) is 0 Å². The second kappa shape index (κ2) is 5.22. The van der Waals surface area contributed by atoms with E-state index in [9.17, 15) is 4.79 Å². The molecular formula is C12H14O2. The number of ether oxygens (including phenoxy) is 1. The fraction of sp³-hybridized carbons (Fsp3) is 0.250. The van der Waals surface area contributed by atoms with Gasteiger partial charge in [-0.25, -0.2) is 0 Å². The second-order valence-electron chi connectivity index (χ2n) is 2.94. The number of benzene rings is 1. The number of esters is 1. The Hall–Kier alpha value is -1.57. The summed E-state index contributed by atoms with van der Waals surface area (Å²) in [6.07, 6.45) is 2.74. The molecule has 74 valence electrons. The van der Waals surface area contributed by atoms with Gasteiger partial charge in [-0.15, -0.1) is 0 Å². The molecular weight excluding hydrogens is 176 g/mol. The monoisotopic (exact) mass is 190 g/mol. The molecule has 0 aromatic heterocycles. The molecule has 0 atom stereocenters. The first-order valence-electron chi connectivity index (χ1n) is 4.68. The highest BCUT2D eigenvalue weighted by atomic mass is 16.5. The third-order valence-electron chi connectivity index (χ3n) is 1.70. The van der Waals surface area contributed by atoms with Crippen molar-refractivity contribution in [3.05, 3.63) is 42.0 Å². The van der Waals surface area contributed by atoms with Gasteiger partial charge < -0.3 is 4.74 Å². The molecule has 1 aromatic rings. The molecule has 0 aliphatic carbocycles. The largest absolute Gasteiger partial charge is 0.426 e. The molecule has 2 nitrogen and oxygen atoms in total. The summed E-state index contributed by atoms with van der Waals surface area (Å²) in [5.41, 5.74) is 0.935. The lowest BCUT2D eigenvalue weighted by atomic mass is 10.1. The maximum Gasteiger partial charge on any atom is 0.308 e. The zero-order valence-electron chi connectivity index (χ0n) is 8.49. The lowest BCUT2D eigenvalue weighted by molar-refractivity contribution is -0.134. The summed E-state index contributed by atoms with van der Waals surface area (Å²) >= 11 is 0. The van der Waals surface area contributed by atoms with Gasteiger partial charge in [-0.05, 0) is 12.5 Å². The minimum absolute atomic E-state index is 0.284. The quantitative estimate of drug-likeness (QED) is 0.541. The lowest BCUT2D eigenvalue weighted by Crippen LogP contribution is -1.98. The van der Waals surface area contributed by atoms with E-state index in [1.807, 2.05) is 43.3 Å². The van der Waals surface area contributed by atoms with Gasteiger partial charge in [0.05, 0.1) is 0 Å². The Balaban J connectivity index is 2.89. The summed E-state index contributed by atoms with van der Waals surface area (Å²) in [5.74, 6) is 0.356. The van der Waals surface area contributed by atoms with Crippen molar-refractivity contribution in [3.8, 4) is 0 Å². The van der Waals surface area contributed by atoms with Crippen LogP contribution in [0.3, 0.4) is 0 Å². The van der Waals surface area contributed by atoms with Crippen molar-refractivity contribution in [2.45, 2.75) is 20.3 Å². The SMILES string of the molecule is CCC=C(OC(C)=O)c1ccccc1. The van der Waals surface area contributed by atoms with Crippen LogP contribution in [0.25, 0.3) is 5.76 Å². The van der Waals surface area contributed by atoms with E-state index in [4.69, 9.17) is 4.74 Å². The first kappa shape index (κ1) is 10.5. The smallest absolute Gasteiger partial charge is 0.308 e. The second-order valence-corrected chi connectivity index (χ2v) is 2.94. The molecule has 0 amide bonds. The van der Waals surface area contributed by atoms with Crippen molar-refractivity contribution >= 4 is 11.7 Å². The normalized spacial score (nSPS) is 11.1. The highest BCUT2D eigenvalue weighted by Gasteiger charge is 2.03. The minimum atomic E-state index is -0.284. The molecule has 0 heterocycles. The number of carbonyl (C=O) groups is 1. The van der Waals surface area contributed by atoms with Crippen molar-refractivity contribution in [1.82, 2.24) is 0 Å². The lowest BCUT2D eigenvalue weighted by Gasteiger charge is -2.06. The molecule has 0 spiro atoms. The van der Waals surface area contributed by atoms with E-state index in [-0.39, 0.29) is 5.97 Å². The van der Waals surface area contributed by atoms with Crippen LogP contribution in [0.4, 0.5) is 0 Å². The molecule has 14 heavy (non-hydrogen) atoms. The Kier molecular flexibility index (Phi) is 3.92. The summed E-state index contributed by atoms with van der Waals surface area (Å²) in [7, 11) is 0. The molecule has 0 radical (unpaired) electrons. The maximum atomic E-state index is 10.8. The third kappa shape index (κ3) is 3.05. The Morgan fingerprint density at radius 1 is 1.36 bits per heavy atom. The Morgan fingerprint density at radius 3 is 2.50 bits per heavy atom. The highest BCUT2D eigenvalue weighted by Crippen LogP contribution is 2.16. The number of allylic oxidation sites excluding steroid dienone is 1. The zero-order valence-corrected chi connectivity index (χ0v) is 8.49. The van der Waals surface area contributed by atoms with E-state index in [0.29, 0.717) is 5.76 Å². The highest BCUT2D eigenvalue weighted by molar-refractivity contribution is 5.76. The number of rotatable bonds is 3. The van der Waals surface area contributed by atoms with Crippen molar-refractivity contribution in [3.63, 3.8) is 0 Å². The van der Waals surface area contributed by atoms with Gasteiger partial charge in [0.2, 0.25) is 0 Å². The van der Waals surface area contributed by atoms with Gasteiger partial charge in [-0.1, -0.05) is 37.3 Å². The molecule has 0 aliphatic rings. The van der Waals surface area contributed by atoms with Gasteiger partial charge in [0.15, 0.2) is 0 Å². The number of carbonyl (C=O) groups excluding carboxylic acids is 1. The van der Waals surface area contributed by atoms with E-state index in [0.717, 1.165) is 12.0 Å². The molecule has 0 fully saturated rings. The van der Waals surface area contributed by atoms with E-state index in [1.54, 1.807) is 0 Å². The van der Waals surface area contributed by atoms with Crippen LogP contribution < -0.4 is 0 Å². The van der Waals surface area contributed by atoms with Crippen LogP contribution in [0.5, 0.6) is 0 Å². The van der Waals surface area contributed by atoms with Crippen LogP contribution in [0.1, 0.15) is 25.8 Å². The van der Waals surface area contributed by atoms with Gasteiger partial charge in [-0.2, -0.15) is 0 Å². The van der Waals surface area contributed by atoms with Crippen molar-refractivity contribution in [1.29, 1.82) is 0 Å². The molecule has 0 bridgehead atoms. The van der Waals surface area contributed by atoms with Crippen molar-refractivity contribution in [2.24, 2.45) is 0 Å². The summed E-state index contributed by atoms with van der Waals surface area (Å²) < 4.78 is 5.10. The summed E-state index contributed by atoms with van der Waals surface area (Å²) in [6.45, 7) is 3.42. The van der Waals surface area contributed by atoms with Crippen LogP contribution in [0.15, 0.2) is 36.4 Å². The predicted octanol–water partition coefficient (Wildman–Crippen LogP) is 3.00. The summed E-state index contributed by atoms with van der Waals surface area (Å²) in [4.78, 5) is 10.8. The first-order valence-corrected chi connectivity index (χ1v) is 4.68. The van der Waals surface area contributed by atoms with Crippen molar-refractivity contribution < 1.29 is 9.53 Å². The van der Waals surface area contributed by atoms with Gasteiger partial charge in [0.1, 0.15) is 5.76 Å². The molecule has 1 aromatic carbocycles. The average Bonchev–Trinajstić information content (AvgIpc) is 2.18. The standard InChI is InChI=1S/C12H14O2/c1-3-7-12(14-10(2)13)11-8-5-4-6-9-11/h4-9H,3H2,1-2H3.